The summed E-state index contributed by atoms with van der Waals surface area (Å²) in [6.07, 6.45) is 0. The van der Waals surface area contributed by atoms with Gasteiger partial charge < -0.3 is 14.2 Å². The van der Waals surface area contributed by atoms with Crippen LogP contribution in [0.5, 0.6) is 11.5 Å². The molecule has 6 heteroatoms. The highest BCUT2D eigenvalue weighted by Gasteiger charge is 2.14. The Morgan fingerprint density at radius 2 is 1.52 bits per heavy atom. The van der Waals surface area contributed by atoms with E-state index in [4.69, 9.17) is 25.8 Å². The van der Waals surface area contributed by atoms with Crippen LogP contribution in [0.2, 0.25) is 5.02 Å². The first-order valence-corrected chi connectivity index (χ1v) is 7.11. The van der Waals surface area contributed by atoms with Crippen molar-refractivity contribution in [2.75, 3.05) is 20.8 Å². The number of hydrogen-bond donors (Lipinski definition) is 0. The maximum Gasteiger partial charge on any atom is 0.338 e. The lowest BCUT2D eigenvalue weighted by Crippen LogP contribution is -2.14. The fourth-order valence-electron chi connectivity index (χ4n) is 1.89. The second-order valence-corrected chi connectivity index (χ2v) is 5.01. The largest absolute Gasteiger partial charge is 0.493 e. The van der Waals surface area contributed by atoms with Gasteiger partial charge in [0.2, 0.25) is 0 Å². The minimum atomic E-state index is -0.588. The summed E-state index contributed by atoms with van der Waals surface area (Å²) in [4.78, 5) is 24.0. The topological polar surface area (TPSA) is 61.8 Å². The van der Waals surface area contributed by atoms with E-state index in [9.17, 15) is 9.59 Å². The summed E-state index contributed by atoms with van der Waals surface area (Å²) < 4.78 is 15.3. The molecule has 2 aromatic carbocycles. The highest BCUT2D eigenvalue weighted by Crippen LogP contribution is 2.27. The molecule has 0 amide bonds. The maximum atomic E-state index is 12.1. The molecule has 0 aliphatic carbocycles. The van der Waals surface area contributed by atoms with Crippen LogP contribution in [-0.4, -0.2) is 32.6 Å². The van der Waals surface area contributed by atoms with Crippen molar-refractivity contribution in [2.45, 2.75) is 0 Å². The van der Waals surface area contributed by atoms with Crippen LogP contribution in [0.25, 0.3) is 0 Å². The molecule has 0 heterocycles. The van der Waals surface area contributed by atoms with Gasteiger partial charge in [0.15, 0.2) is 23.9 Å². The van der Waals surface area contributed by atoms with Crippen LogP contribution in [0, 0.1) is 0 Å². The summed E-state index contributed by atoms with van der Waals surface area (Å²) in [7, 11) is 2.99. The van der Waals surface area contributed by atoms with Gasteiger partial charge in [0.05, 0.1) is 19.8 Å². The molecular weight excluding hydrogens is 320 g/mol. The lowest BCUT2D eigenvalue weighted by atomic mass is 10.1. The van der Waals surface area contributed by atoms with Crippen molar-refractivity contribution < 1.29 is 23.8 Å². The lowest BCUT2D eigenvalue weighted by Gasteiger charge is -2.09. The minimum absolute atomic E-state index is 0.328. The van der Waals surface area contributed by atoms with Crippen molar-refractivity contribution >= 4 is 23.4 Å². The molecule has 0 saturated carbocycles. The van der Waals surface area contributed by atoms with Gasteiger partial charge in [0.25, 0.3) is 0 Å². The number of carbonyl (C=O) groups excluding carboxylic acids is 2. The summed E-state index contributed by atoms with van der Waals surface area (Å²) in [6, 6.07) is 11.0. The summed E-state index contributed by atoms with van der Waals surface area (Å²) in [5, 5.41) is 0.517. The third-order valence-corrected chi connectivity index (χ3v) is 3.37. The fraction of sp³-hybridized carbons (Fsp3) is 0.176. The van der Waals surface area contributed by atoms with Gasteiger partial charge in [-0.15, -0.1) is 0 Å². The molecule has 0 atom stereocenters. The van der Waals surface area contributed by atoms with E-state index in [1.807, 2.05) is 0 Å². The van der Waals surface area contributed by atoms with Gasteiger partial charge in [-0.25, -0.2) is 4.79 Å². The average molecular weight is 335 g/mol. The first kappa shape index (κ1) is 16.8. The Morgan fingerprint density at radius 1 is 0.913 bits per heavy atom. The number of hydrogen-bond acceptors (Lipinski definition) is 5. The Hall–Kier alpha value is -2.53. The molecule has 23 heavy (non-hydrogen) atoms. The molecule has 0 unspecified atom stereocenters. The average Bonchev–Trinajstić information content (AvgIpc) is 2.59. The Labute approximate surface area is 138 Å². The second kappa shape index (κ2) is 7.65. The number of ketones is 1. The molecule has 0 aliphatic heterocycles. The molecule has 0 aromatic heterocycles. The molecule has 120 valence electrons. The Kier molecular flexibility index (Phi) is 5.60. The van der Waals surface area contributed by atoms with E-state index < -0.39 is 5.97 Å². The van der Waals surface area contributed by atoms with Crippen LogP contribution in [0.4, 0.5) is 0 Å². The van der Waals surface area contributed by atoms with E-state index in [1.165, 1.54) is 32.4 Å². The third-order valence-electron chi connectivity index (χ3n) is 3.12. The standard InChI is InChI=1S/C17H15ClO5/c1-21-15-8-5-12(9-16(15)22-2)14(19)10-23-17(20)11-3-6-13(18)7-4-11/h3-9H,10H2,1-2H3. The van der Waals surface area contributed by atoms with Crippen molar-refractivity contribution in [3.63, 3.8) is 0 Å². The number of ether oxygens (including phenoxy) is 3. The number of carbonyl (C=O) groups is 2. The molecule has 0 N–H and O–H groups in total. The van der Waals surface area contributed by atoms with Crippen LogP contribution < -0.4 is 9.47 Å². The van der Waals surface area contributed by atoms with Crippen LogP contribution in [0.15, 0.2) is 42.5 Å². The van der Waals surface area contributed by atoms with E-state index in [2.05, 4.69) is 0 Å². The van der Waals surface area contributed by atoms with Gasteiger partial charge in [-0.3, -0.25) is 4.79 Å². The summed E-state index contributed by atoms with van der Waals surface area (Å²) >= 11 is 5.75. The van der Waals surface area contributed by atoms with Crippen LogP contribution >= 0.6 is 11.6 Å². The quantitative estimate of drug-likeness (QED) is 0.598. The number of halogens is 1. The van der Waals surface area contributed by atoms with Gasteiger partial charge in [0, 0.05) is 10.6 Å². The summed E-state index contributed by atoms with van der Waals surface area (Å²) in [5.74, 6) is 0.0216. The maximum absolute atomic E-state index is 12.1. The molecule has 0 bridgehead atoms. The first-order valence-electron chi connectivity index (χ1n) is 6.73. The van der Waals surface area contributed by atoms with E-state index in [0.29, 0.717) is 27.6 Å². The zero-order valence-electron chi connectivity index (χ0n) is 12.7. The molecule has 2 rings (SSSR count). The van der Waals surface area contributed by atoms with Crippen molar-refractivity contribution in [1.29, 1.82) is 0 Å². The molecule has 5 nitrogen and oxygen atoms in total. The Bertz CT molecular complexity index is 709. The van der Waals surface area contributed by atoms with Gasteiger partial charge in [-0.1, -0.05) is 11.6 Å². The predicted octanol–water partition coefficient (Wildman–Crippen LogP) is 3.40. The van der Waals surface area contributed by atoms with E-state index in [1.54, 1.807) is 24.3 Å². The SMILES string of the molecule is COc1ccc(C(=O)COC(=O)c2ccc(Cl)cc2)cc1OC. The number of rotatable bonds is 6. The molecule has 0 aliphatic rings. The van der Waals surface area contributed by atoms with Gasteiger partial charge in [-0.2, -0.15) is 0 Å². The lowest BCUT2D eigenvalue weighted by molar-refractivity contribution is 0.0474. The Balaban J connectivity index is 2.02. The third kappa shape index (κ3) is 4.23. The van der Waals surface area contributed by atoms with Crippen LogP contribution in [0.3, 0.4) is 0 Å². The summed E-state index contributed by atoms with van der Waals surface area (Å²) in [5.41, 5.74) is 0.695. The molecule has 0 radical (unpaired) electrons. The zero-order valence-corrected chi connectivity index (χ0v) is 13.4. The van der Waals surface area contributed by atoms with E-state index in [0.717, 1.165) is 0 Å². The van der Waals surface area contributed by atoms with Gasteiger partial charge in [0.1, 0.15) is 0 Å². The second-order valence-electron chi connectivity index (χ2n) is 4.58. The fourth-order valence-corrected chi connectivity index (χ4v) is 2.02. The minimum Gasteiger partial charge on any atom is -0.493 e. The van der Waals surface area contributed by atoms with Crippen LogP contribution in [-0.2, 0) is 4.74 Å². The molecule has 0 spiro atoms. The number of benzene rings is 2. The predicted molar refractivity (Wildman–Crippen MR) is 85.6 cm³/mol. The smallest absolute Gasteiger partial charge is 0.338 e. The molecule has 0 fully saturated rings. The summed E-state index contributed by atoms with van der Waals surface area (Å²) in [6.45, 7) is -0.364. The number of methoxy groups -OCH3 is 2. The van der Waals surface area contributed by atoms with Gasteiger partial charge in [-0.05, 0) is 42.5 Å². The van der Waals surface area contributed by atoms with Crippen molar-refractivity contribution in [3.05, 3.63) is 58.6 Å². The van der Waals surface area contributed by atoms with E-state index >= 15 is 0 Å². The molecule has 2 aromatic rings. The monoisotopic (exact) mass is 334 g/mol. The van der Waals surface area contributed by atoms with E-state index in [-0.39, 0.29) is 12.4 Å². The van der Waals surface area contributed by atoms with Gasteiger partial charge >= 0.3 is 5.97 Å². The molecular formula is C17H15ClO5. The van der Waals surface area contributed by atoms with Crippen molar-refractivity contribution in [1.82, 2.24) is 0 Å². The van der Waals surface area contributed by atoms with Crippen molar-refractivity contribution in [3.8, 4) is 11.5 Å². The first-order chi connectivity index (χ1) is 11.0. The Morgan fingerprint density at radius 3 is 2.13 bits per heavy atom. The highest BCUT2D eigenvalue weighted by atomic mass is 35.5. The normalized spacial score (nSPS) is 10.0. The number of esters is 1. The van der Waals surface area contributed by atoms with Crippen LogP contribution in [0.1, 0.15) is 20.7 Å². The number of Topliss-reactive ketones (excluding diaryl/α,β-unsaturated/α-hetero) is 1. The van der Waals surface area contributed by atoms with Crippen molar-refractivity contribution in [2.24, 2.45) is 0 Å². The molecule has 0 saturated heterocycles. The highest BCUT2D eigenvalue weighted by molar-refractivity contribution is 6.30. The zero-order chi connectivity index (χ0) is 16.8.